The molecule has 0 spiro atoms. The normalized spacial score (nSPS) is 10.8. The van der Waals surface area contributed by atoms with E-state index in [1.807, 2.05) is 24.5 Å². The topological polar surface area (TPSA) is 43.8 Å². The van der Waals surface area contributed by atoms with Gasteiger partial charge in [0.25, 0.3) is 0 Å². The molecule has 1 aromatic heterocycles. The molecule has 1 aromatic carbocycles. The Kier molecular flexibility index (Phi) is 5.43. The van der Waals surface area contributed by atoms with Crippen LogP contribution in [0.2, 0.25) is 5.02 Å². The SMILES string of the molecule is NCCCCn1ccnc1CCc1ccc(Cl)cc1. The zero-order valence-electron chi connectivity index (χ0n) is 11.1. The Morgan fingerprint density at radius 1 is 1.11 bits per heavy atom. The minimum atomic E-state index is 0.759. The fraction of sp³-hybridized carbons (Fsp3) is 0.400. The zero-order chi connectivity index (χ0) is 13.5. The molecule has 102 valence electrons. The maximum atomic E-state index is 5.88. The van der Waals surface area contributed by atoms with Crippen molar-refractivity contribution in [1.82, 2.24) is 9.55 Å². The first-order chi connectivity index (χ1) is 9.29. The van der Waals surface area contributed by atoms with Gasteiger partial charge in [0.05, 0.1) is 0 Å². The third kappa shape index (κ3) is 4.37. The molecule has 0 radical (unpaired) electrons. The molecule has 0 aliphatic heterocycles. The highest BCUT2D eigenvalue weighted by molar-refractivity contribution is 6.30. The predicted molar refractivity (Wildman–Crippen MR) is 79.4 cm³/mol. The van der Waals surface area contributed by atoms with Gasteiger partial charge >= 0.3 is 0 Å². The number of aromatic nitrogens is 2. The number of imidazole rings is 1. The lowest BCUT2D eigenvalue weighted by Gasteiger charge is -2.07. The van der Waals surface area contributed by atoms with Crippen molar-refractivity contribution in [3.8, 4) is 0 Å². The predicted octanol–water partition coefficient (Wildman–Crippen LogP) is 3.06. The summed E-state index contributed by atoms with van der Waals surface area (Å²) in [5.74, 6) is 1.15. The molecule has 0 aliphatic rings. The van der Waals surface area contributed by atoms with Crippen LogP contribution in [0, 0.1) is 0 Å². The van der Waals surface area contributed by atoms with E-state index in [1.54, 1.807) is 0 Å². The van der Waals surface area contributed by atoms with Crippen LogP contribution in [0.25, 0.3) is 0 Å². The van der Waals surface area contributed by atoms with E-state index in [2.05, 4.69) is 21.7 Å². The van der Waals surface area contributed by atoms with Crippen LogP contribution in [-0.4, -0.2) is 16.1 Å². The van der Waals surface area contributed by atoms with Crippen LogP contribution in [0.1, 0.15) is 24.2 Å². The zero-order valence-corrected chi connectivity index (χ0v) is 11.8. The van der Waals surface area contributed by atoms with Gasteiger partial charge in [-0.1, -0.05) is 23.7 Å². The molecule has 0 saturated carbocycles. The van der Waals surface area contributed by atoms with Gasteiger partial charge in [0, 0.05) is 30.4 Å². The quantitative estimate of drug-likeness (QED) is 0.791. The highest BCUT2D eigenvalue weighted by Crippen LogP contribution is 2.12. The Labute approximate surface area is 119 Å². The molecule has 0 aliphatic carbocycles. The maximum absolute atomic E-state index is 5.88. The van der Waals surface area contributed by atoms with Crippen LogP contribution in [0.3, 0.4) is 0 Å². The molecule has 0 saturated heterocycles. The van der Waals surface area contributed by atoms with E-state index in [-0.39, 0.29) is 0 Å². The van der Waals surface area contributed by atoms with Gasteiger partial charge in [-0.3, -0.25) is 0 Å². The molecule has 3 nitrogen and oxygen atoms in total. The molecule has 4 heteroatoms. The molecule has 0 amide bonds. The van der Waals surface area contributed by atoms with E-state index < -0.39 is 0 Å². The van der Waals surface area contributed by atoms with Crippen molar-refractivity contribution in [2.24, 2.45) is 5.73 Å². The highest BCUT2D eigenvalue weighted by atomic mass is 35.5. The van der Waals surface area contributed by atoms with Crippen LogP contribution in [0.5, 0.6) is 0 Å². The molecule has 0 fully saturated rings. The fourth-order valence-corrected chi connectivity index (χ4v) is 2.23. The third-order valence-electron chi connectivity index (χ3n) is 3.21. The summed E-state index contributed by atoms with van der Waals surface area (Å²) in [5, 5.41) is 0.784. The van der Waals surface area contributed by atoms with E-state index in [4.69, 9.17) is 17.3 Å². The van der Waals surface area contributed by atoms with E-state index >= 15 is 0 Å². The molecule has 1 heterocycles. The average Bonchev–Trinajstić information content (AvgIpc) is 2.86. The van der Waals surface area contributed by atoms with Crippen LogP contribution >= 0.6 is 11.6 Å². The van der Waals surface area contributed by atoms with Gasteiger partial charge in [-0.2, -0.15) is 0 Å². The smallest absolute Gasteiger partial charge is 0.108 e. The molecular weight excluding hydrogens is 258 g/mol. The molecule has 2 rings (SSSR count). The largest absolute Gasteiger partial charge is 0.335 e. The Hall–Kier alpha value is -1.32. The first kappa shape index (κ1) is 14.1. The minimum Gasteiger partial charge on any atom is -0.335 e. The molecular formula is C15H20ClN3. The van der Waals surface area contributed by atoms with Crippen molar-refractivity contribution in [3.63, 3.8) is 0 Å². The van der Waals surface area contributed by atoms with Crippen LogP contribution in [-0.2, 0) is 19.4 Å². The Morgan fingerprint density at radius 2 is 1.89 bits per heavy atom. The second-order valence-corrected chi connectivity index (χ2v) is 5.10. The average molecular weight is 278 g/mol. The number of halogens is 1. The summed E-state index contributed by atoms with van der Waals surface area (Å²) in [5.41, 5.74) is 6.81. The highest BCUT2D eigenvalue weighted by Gasteiger charge is 2.03. The summed E-state index contributed by atoms with van der Waals surface area (Å²) < 4.78 is 2.23. The lowest BCUT2D eigenvalue weighted by atomic mass is 10.1. The Balaban J connectivity index is 1.88. The van der Waals surface area contributed by atoms with Crippen molar-refractivity contribution >= 4 is 11.6 Å². The van der Waals surface area contributed by atoms with Crippen molar-refractivity contribution in [2.75, 3.05) is 6.54 Å². The molecule has 0 atom stereocenters. The van der Waals surface area contributed by atoms with Crippen molar-refractivity contribution in [2.45, 2.75) is 32.2 Å². The van der Waals surface area contributed by atoms with E-state index in [9.17, 15) is 0 Å². The van der Waals surface area contributed by atoms with Gasteiger partial charge in [-0.15, -0.1) is 0 Å². The van der Waals surface area contributed by atoms with Gasteiger partial charge in [0.2, 0.25) is 0 Å². The first-order valence-electron chi connectivity index (χ1n) is 6.74. The summed E-state index contributed by atoms with van der Waals surface area (Å²) in [6.45, 7) is 1.77. The summed E-state index contributed by atoms with van der Waals surface area (Å²) >= 11 is 5.88. The van der Waals surface area contributed by atoms with Gasteiger partial charge in [0.1, 0.15) is 5.82 Å². The minimum absolute atomic E-state index is 0.759. The summed E-state index contributed by atoms with van der Waals surface area (Å²) in [6.07, 6.45) is 8.05. The van der Waals surface area contributed by atoms with E-state index in [1.165, 1.54) is 5.56 Å². The number of unbranched alkanes of at least 4 members (excludes halogenated alkanes) is 1. The fourth-order valence-electron chi connectivity index (χ4n) is 2.11. The van der Waals surface area contributed by atoms with E-state index in [0.717, 1.165) is 49.6 Å². The number of hydrogen-bond acceptors (Lipinski definition) is 2. The first-order valence-corrected chi connectivity index (χ1v) is 7.12. The standard InChI is InChI=1S/C15H20ClN3/c16-14-6-3-13(4-7-14)5-8-15-18-10-12-19(15)11-2-1-9-17/h3-4,6-7,10,12H,1-2,5,8-9,11,17H2. The van der Waals surface area contributed by atoms with Gasteiger partial charge < -0.3 is 10.3 Å². The summed E-state index contributed by atoms with van der Waals surface area (Å²) in [7, 11) is 0. The molecule has 0 unspecified atom stereocenters. The summed E-state index contributed by atoms with van der Waals surface area (Å²) in [6, 6.07) is 8.02. The van der Waals surface area contributed by atoms with Crippen LogP contribution < -0.4 is 5.73 Å². The number of aryl methyl sites for hydroxylation is 3. The number of benzene rings is 1. The van der Waals surface area contributed by atoms with Crippen molar-refractivity contribution in [1.29, 1.82) is 0 Å². The van der Waals surface area contributed by atoms with Gasteiger partial charge in [-0.05, 0) is 43.5 Å². The molecule has 2 aromatic rings. The number of nitrogens with zero attached hydrogens (tertiary/aromatic N) is 2. The van der Waals surface area contributed by atoms with Crippen LogP contribution in [0.4, 0.5) is 0 Å². The molecule has 0 bridgehead atoms. The Morgan fingerprint density at radius 3 is 2.63 bits per heavy atom. The van der Waals surface area contributed by atoms with E-state index in [0.29, 0.717) is 0 Å². The number of rotatable bonds is 7. The van der Waals surface area contributed by atoms with Gasteiger partial charge in [0.15, 0.2) is 0 Å². The second-order valence-electron chi connectivity index (χ2n) is 4.66. The number of hydrogen-bond donors (Lipinski definition) is 1. The lowest BCUT2D eigenvalue weighted by Crippen LogP contribution is -2.07. The molecule has 19 heavy (non-hydrogen) atoms. The van der Waals surface area contributed by atoms with Crippen molar-refractivity contribution in [3.05, 3.63) is 53.1 Å². The van der Waals surface area contributed by atoms with Crippen LogP contribution in [0.15, 0.2) is 36.7 Å². The lowest BCUT2D eigenvalue weighted by molar-refractivity contribution is 0.587. The summed E-state index contributed by atoms with van der Waals surface area (Å²) in [4.78, 5) is 4.43. The van der Waals surface area contributed by atoms with Crippen molar-refractivity contribution < 1.29 is 0 Å². The van der Waals surface area contributed by atoms with Gasteiger partial charge in [-0.25, -0.2) is 4.98 Å². The number of nitrogens with two attached hydrogens (primary N) is 1. The molecule has 2 N–H and O–H groups in total. The Bertz CT molecular complexity index is 490. The second kappa shape index (κ2) is 7.31. The monoisotopic (exact) mass is 277 g/mol. The third-order valence-corrected chi connectivity index (χ3v) is 3.46. The maximum Gasteiger partial charge on any atom is 0.108 e.